The van der Waals surface area contributed by atoms with Crippen molar-refractivity contribution in [2.75, 3.05) is 26.2 Å². The third-order valence-corrected chi connectivity index (χ3v) is 5.24. The molecule has 0 amide bonds. The normalized spacial score (nSPS) is 20.7. The molecule has 2 aromatic rings. The molecular formula is C23H31NO2. The van der Waals surface area contributed by atoms with Gasteiger partial charge in [-0.25, -0.2) is 0 Å². The van der Waals surface area contributed by atoms with E-state index in [2.05, 4.69) is 43.0 Å². The fourth-order valence-electron chi connectivity index (χ4n) is 3.88. The van der Waals surface area contributed by atoms with Gasteiger partial charge in [0.2, 0.25) is 0 Å². The van der Waals surface area contributed by atoms with Gasteiger partial charge in [0.25, 0.3) is 0 Å². The highest BCUT2D eigenvalue weighted by Crippen LogP contribution is 2.28. The Balaban J connectivity index is 1.65. The predicted octanol–water partition coefficient (Wildman–Crippen LogP) is 4.19. The molecule has 1 aliphatic rings. The Morgan fingerprint density at radius 2 is 1.85 bits per heavy atom. The summed E-state index contributed by atoms with van der Waals surface area (Å²) in [6.45, 7) is 7.61. The molecule has 0 bridgehead atoms. The van der Waals surface area contributed by atoms with Gasteiger partial charge in [-0.15, -0.1) is 0 Å². The highest BCUT2D eigenvalue weighted by Gasteiger charge is 2.21. The lowest BCUT2D eigenvalue weighted by Gasteiger charge is -2.32. The summed E-state index contributed by atoms with van der Waals surface area (Å²) >= 11 is 0. The minimum Gasteiger partial charge on any atom is -0.389 e. The van der Waals surface area contributed by atoms with Gasteiger partial charge in [-0.1, -0.05) is 61.5 Å². The highest BCUT2D eigenvalue weighted by molar-refractivity contribution is 5.35. The number of β-amino-alcohol motifs (C(OH)–C–C–N with tert-alkyl or cyclic N) is 1. The second-order valence-corrected chi connectivity index (χ2v) is 7.64. The second kappa shape index (κ2) is 9.31. The van der Waals surface area contributed by atoms with Crippen molar-refractivity contribution < 1.29 is 9.84 Å². The summed E-state index contributed by atoms with van der Waals surface area (Å²) in [5.41, 5.74) is 3.50. The van der Waals surface area contributed by atoms with E-state index in [0.717, 1.165) is 30.1 Å². The lowest BCUT2D eigenvalue weighted by atomic mass is 9.97. The van der Waals surface area contributed by atoms with Gasteiger partial charge in [0.1, 0.15) is 6.10 Å². The van der Waals surface area contributed by atoms with Crippen molar-refractivity contribution in [3.63, 3.8) is 0 Å². The first-order valence-corrected chi connectivity index (χ1v) is 9.76. The van der Waals surface area contributed by atoms with Crippen LogP contribution in [0.3, 0.4) is 0 Å². The molecule has 2 aromatic carbocycles. The van der Waals surface area contributed by atoms with Crippen LogP contribution in [-0.4, -0.2) is 42.4 Å². The predicted molar refractivity (Wildman–Crippen MR) is 106 cm³/mol. The SMILES string of the molecule is Cc1ccccc1[C@@H](OC[C@@H](O)CN1CCC[C@H](C)C1)c1ccccc1. The van der Waals surface area contributed by atoms with Crippen molar-refractivity contribution in [1.82, 2.24) is 4.90 Å². The van der Waals surface area contributed by atoms with Crippen LogP contribution >= 0.6 is 0 Å². The maximum atomic E-state index is 10.5. The van der Waals surface area contributed by atoms with E-state index in [0.29, 0.717) is 13.2 Å². The van der Waals surface area contributed by atoms with E-state index in [1.807, 2.05) is 30.3 Å². The van der Waals surface area contributed by atoms with Crippen LogP contribution in [-0.2, 0) is 4.74 Å². The summed E-state index contributed by atoms with van der Waals surface area (Å²) in [7, 11) is 0. The van der Waals surface area contributed by atoms with Crippen LogP contribution in [0.15, 0.2) is 54.6 Å². The van der Waals surface area contributed by atoms with E-state index in [4.69, 9.17) is 4.74 Å². The second-order valence-electron chi connectivity index (χ2n) is 7.64. The van der Waals surface area contributed by atoms with Gasteiger partial charge in [-0.2, -0.15) is 0 Å². The van der Waals surface area contributed by atoms with Crippen LogP contribution in [0.4, 0.5) is 0 Å². The van der Waals surface area contributed by atoms with Crippen molar-refractivity contribution in [2.24, 2.45) is 5.92 Å². The smallest absolute Gasteiger partial charge is 0.108 e. The molecular weight excluding hydrogens is 322 g/mol. The Hall–Kier alpha value is -1.68. The van der Waals surface area contributed by atoms with Crippen LogP contribution in [0.25, 0.3) is 0 Å². The molecule has 1 N–H and O–H groups in total. The van der Waals surface area contributed by atoms with Gasteiger partial charge in [0.15, 0.2) is 0 Å². The number of aryl methyl sites for hydroxylation is 1. The Labute approximate surface area is 157 Å². The Morgan fingerprint density at radius 1 is 1.12 bits per heavy atom. The Bertz CT molecular complexity index is 673. The average Bonchev–Trinajstić information content (AvgIpc) is 2.64. The number of hydrogen-bond acceptors (Lipinski definition) is 3. The number of likely N-dealkylation sites (tertiary alicyclic amines) is 1. The quantitative estimate of drug-likeness (QED) is 0.810. The standard InChI is InChI=1S/C23H31NO2/c1-18-9-8-14-24(15-18)16-21(25)17-26-23(20-11-4-3-5-12-20)22-13-7-6-10-19(22)2/h3-7,10-13,18,21,23,25H,8-9,14-17H2,1-2H3/t18-,21-,23-/m0/s1. The maximum Gasteiger partial charge on any atom is 0.108 e. The van der Waals surface area contributed by atoms with E-state index < -0.39 is 6.10 Å². The number of benzene rings is 2. The Kier molecular flexibility index (Phi) is 6.84. The molecule has 1 aliphatic heterocycles. The molecule has 0 spiro atoms. The fraction of sp³-hybridized carbons (Fsp3) is 0.478. The average molecular weight is 354 g/mol. The number of hydrogen-bond donors (Lipinski definition) is 1. The zero-order valence-corrected chi connectivity index (χ0v) is 16.0. The zero-order chi connectivity index (χ0) is 18.4. The highest BCUT2D eigenvalue weighted by atomic mass is 16.5. The van der Waals surface area contributed by atoms with Crippen LogP contribution in [0.1, 0.15) is 42.6 Å². The van der Waals surface area contributed by atoms with E-state index in [9.17, 15) is 5.11 Å². The van der Waals surface area contributed by atoms with E-state index in [1.54, 1.807) is 0 Å². The molecule has 0 unspecified atom stereocenters. The lowest BCUT2D eigenvalue weighted by molar-refractivity contribution is -0.0131. The van der Waals surface area contributed by atoms with E-state index >= 15 is 0 Å². The molecule has 0 saturated carbocycles. The topological polar surface area (TPSA) is 32.7 Å². The molecule has 0 radical (unpaired) electrons. The summed E-state index contributed by atoms with van der Waals surface area (Å²) in [6, 6.07) is 18.6. The third kappa shape index (κ3) is 5.16. The maximum absolute atomic E-state index is 10.5. The summed E-state index contributed by atoms with van der Waals surface area (Å²) < 4.78 is 6.25. The Morgan fingerprint density at radius 3 is 2.58 bits per heavy atom. The van der Waals surface area contributed by atoms with Crippen LogP contribution in [0.2, 0.25) is 0 Å². The van der Waals surface area contributed by atoms with Crippen molar-refractivity contribution in [3.05, 3.63) is 71.3 Å². The number of aliphatic hydroxyl groups excluding tert-OH is 1. The third-order valence-electron chi connectivity index (χ3n) is 5.24. The van der Waals surface area contributed by atoms with Gasteiger partial charge in [-0.05, 0) is 48.9 Å². The minimum absolute atomic E-state index is 0.146. The first kappa shape index (κ1) is 19.1. The number of rotatable bonds is 7. The molecule has 26 heavy (non-hydrogen) atoms. The molecule has 0 aromatic heterocycles. The number of piperidine rings is 1. The molecule has 3 atom stereocenters. The van der Waals surface area contributed by atoms with Gasteiger partial charge in [0.05, 0.1) is 12.7 Å². The van der Waals surface area contributed by atoms with Gasteiger partial charge < -0.3 is 14.7 Å². The van der Waals surface area contributed by atoms with Crippen LogP contribution in [0.5, 0.6) is 0 Å². The molecule has 140 valence electrons. The van der Waals surface area contributed by atoms with Crippen molar-refractivity contribution in [1.29, 1.82) is 0 Å². The molecule has 3 nitrogen and oxygen atoms in total. The van der Waals surface area contributed by atoms with Gasteiger partial charge in [0, 0.05) is 13.1 Å². The van der Waals surface area contributed by atoms with Crippen molar-refractivity contribution >= 4 is 0 Å². The largest absolute Gasteiger partial charge is 0.389 e. The summed E-state index contributed by atoms with van der Waals surface area (Å²) in [4.78, 5) is 2.37. The number of nitrogens with zero attached hydrogens (tertiary/aromatic N) is 1. The summed E-state index contributed by atoms with van der Waals surface area (Å²) in [5, 5.41) is 10.5. The molecule has 3 heteroatoms. The monoisotopic (exact) mass is 353 g/mol. The molecule has 3 rings (SSSR count). The van der Waals surface area contributed by atoms with E-state index in [-0.39, 0.29) is 6.10 Å². The molecule has 1 saturated heterocycles. The van der Waals surface area contributed by atoms with Gasteiger partial charge in [-0.3, -0.25) is 0 Å². The molecule has 1 fully saturated rings. The lowest BCUT2D eigenvalue weighted by Crippen LogP contribution is -2.41. The first-order valence-electron chi connectivity index (χ1n) is 9.76. The summed E-state index contributed by atoms with van der Waals surface area (Å²) in [6.07, 6.45) is 1.92. The summed E-state index contributed by atoms with van der Waals surface area (Å²) in [5.74, 6) is 0.723. The van der Waals surface area contributed by atoms with Crippen molar-refractivity contribution in [2.45, 2.75) is 38.9 Å². The zero-order valence-electron chi connectivity index (χ0n) is 16.0. The van der Waals surface area contributed by atoms with E-state index in [1.165, 1.54) is 18.4 Å². The number of ether oxygens (including phenoxy) is 1. The first-order chi connectivity index (χ1) is 12.6. The van der Waals surface area contributed by atoms with Gasteiger partial charge >= 0.3 is 0 Å². The van der Waals surface area contributed by atoms with Crippen LogP contribution in [0, 0.1) is 12.8 Å². The molecule has 0 aliphatic carbocycles. The van der Waals surface area contributed by atoms with Crippen molar-refractivity contribution in [3.8, 4) is 0 Å². The fourth-order valence-corrected chi connectivity index (χ4v) is 3.88. The molecule has 1 heterocycles. The number of aliphatic hydroxyl groups is 1. The minimum atomic E-state index is -0.462. The van der Waals surface area contributed by atoms with Crippen LogP contribution < -0.4 is 0 Å².